The van der Waals surface area contributed by atoms with Gasteiger partial charge in [-0.2, -0.15) is 0 Å². The van der Waals surface area contributed by atoms with Crippen LogP contribution in [0.25, 0.3) is 0 Å². The van der Waals surface area contributed by atoms with Crippen molar-refractivity contribution in [3.05, 3.63) is 47.5 Å². The lowest BCUT2D eigenvalue weighted by Gasteiger charge is -2.25. The first-order valence-electron chi connectivity index (χ1n) is 7.52. The van der Waals surface area contributed by atoms with Crippen LogP contribution >= 0.6 is 0 Å². The number of hydrogen-bond donors (Lipinski definition) is 1. The number of anilines is 2. The van der Waals surface area contributed by atoms with Crippen molar-refractivity contribution < 1.29 is 4.74 Å². The van der Waals surface area contributed by atoms with Gasteiger partial charge in [0, 0.05) is 0 Å². The highest BCUT2D eigenvalue weighted by Gasteiger charge is 2.20. The number of benzene rings is 2. The molecule has 0 aromatic heterocycles. The molecule has 104 valence electrons. The minimum Gasteiger partial charge on any atom is -0.453 e. The summed E-state index contributed by atoms with van der Waals surface area (Å²) in [5, 5.41) is 3.57. The van der Waals surface area contributed by atoms with Gasteiger partial charge in [-0.25, -0.2) is 0 Å². The van der Waals surface area contributed by atoms with E-state index in [-0.39, 0.29) is 0 Å². The van der Waals surface area contributed by atoms with E-state index in [0.29, 0.717) is 0 Å². The van der Waals surface area contributed by atoms with Crippen molar-refractivity contribution in [2.24, 2.45) is 0 Å². The van der Waals surface area contributed by atoms with Crippen LogP contribution in [0.3, 0.4) is 0 Å². The van der Waals surface area contributed by atoms with Crippen LogP contribution in [0, 0.1) is 0 Å². The Morgan fingerprint density at radius 2 is 1.70 bits per heavy atom. The second-order valence-electron chi connectivity index (χ2n) is 5.30. The zero-order chi connectivity index (χ0) is 13.9. The number of aryl methyl sites for hydroxylation is 1. The molecule has 2 nitrogen and oxygen atoms in total. The third-order valence-electron chi connectivity index (χ3n) is 3.76. The fourth-order valence-corrected chi connectivity index (χ4v) is 2.84. The Morgan fingerprint density at radius 3 is 2.50 bits per heavy atom. The zero-order valence-corrected chi connectivity index (χ0v) is 12.2. The average molecular weight is 267 g/mol. The van der Waals surface area contributed by atoms with Crippen molar-refractivity contribution in [3.8, 4) is 11.5 Å². The van der Waals surface area contributed by atoms with Crippen LogP contribution in [0.4, 0.5) is 11.4 Å². The normalized spacial score (nSPS) is 12.1. The Hall–Kier alpha value is -1.96. The van der Waals surface area contributed by atoms with Gasteiger partial charge >= 0.3 is 0 Å². The van der Waals surface area contributed by atoms with Gasteiger partial charge in [-0.3, -0.25) is 0 Å². The zero-order valence-electron chi connectivity index (χ0n) is 12.2. The summed E-state index contributed by atoms with van der Waals surface area (Å²) < 4.78 is 6.04. The first-order valence-corrected chi connectivity index (χ1v) is 7.52. The monoisotopic (exact) mass is 267 g/mol. The Morgan fingerprint density at radius 1 is 0.900 bits per heavy atom. The Bertz CT molecular complexity index is 619. The number of rotatable bonds is 4. The largest absolute Gasteiger partial charge is 0.453 e. The number of nitrogens with one attached hydrogen (secondary N) is 1. The van der Waals surface area contributed by atoms with Crippen molar-refractivity contribution in [1.29, 1.82) is 0 Å². The lowest BCUT2D eigenvalue weighted by atomic mass is 9.96. The number of para-hydroxylation sites is 2. The molecule has 1 aliphatic rings. The van der Waals surface area contributed by atoms with Crippen molar-refractivity contribution in [3.63, 3.8) is 0 Å². The second kappa shape index (κ2) is 5.58. The van der Waals surface area contributed by atoms with E-state index >= 15 is 0 Å². The van der Waals surface area contributed by atoms with E-state index in [9.17, 15) is 0 Å². The highest BCUT2D eigenvalue weighted by molar-refractivity contribution is 5.78. The van der Waals surface area contributed by atoms with Gasteiger partial charge in [-0.15, -0.1) is 0 Å². The summed E-state index contributed by atoms with van der Waals surface area (Å²) in [7, 11) is 0. The molecule has 1 heterocycles. The maximum Gasteiger partial charge on any atom is 0.151 e. The molecule has 2 heteroatoms. The molecule has 2 aromatic rings. The molecule has 0 aliphatic carbocycles. The molecule has 0 saturated heterocycles. The molecule has 0 unspecified atom stereocenters. The molecule has 20 heavy (non-hydrogen) atoms. The molecular formula is C18H21NO. The maximum absolute atomic E-state index is 6.04. The highest BCUT2D eigenvalue weighted by atomic mass is 16.5. The molecule has 0 bridgehead atoms. The summed E-state index contributed by atoms with van der Waals surface area (Å²) in [4.78, 5) is 0. The van der Waals surface area contributed by atoms with E-state index in [1.165, 1.54) is 17.5 Å². The molecule has 1 N–H and O–H groups in total. The molecular weight excluding hydrogens is 246 g/mol. The van der Waals surface area contributed by atoms with Crippen molar-refractivity contribution in [2.75, 3.05) is 5.32 Å². The minimum atomic E-state index is 0.908. The van der Waals surface area contributed by atoms with Gasteiger partial charge in [-0.05, 0) is 42.2 Å². The van der Waals surface area contributed by atoms with Crippen LogP contribution in [0.5, 0.6) is 11.5 Å². The summed E-state index contributed by atoms with van der Waals surface area (Å²) >= 11 is 0. The van der Waals surface area contributed by atoms with Crippen molar-refractivity contribution >= 4 is 11.4 Å². The first kappa shape index (κ1) is 13.0. The van der Waals surface area contributed by atoms with Crippen LogP contribution in [0.15, 0.2) is 36.4 Å². The fourth-order valence-electron chi connectivity index (χ4n) is 2.84. The molecule has 0 amide bonds. The standard InChI is InChI=1S/C18H21NO/c1-3-7-13-11-12-17-18(14(13)8-4-2)19-15-9-5-6-10-16(15)20-17/h5-6,9-12,19H,3-4,7-8H2,1-2H3. The minimum absolute atomic E-state index is 0.908. The van der Waals surface area contributed by atoms with Gasteiger partial charge in [0.2, 0.25) is 0 Å². The molecule has 0 atom stereocenters. The van der Waals surface area contributed by atoms with Gasteiger partial charge in [0.15, 0.2) is 11.5 Å². The van der Waals surface area contributed by atoms with E-state index in [1.807, 2.05) is 18.2 Å². The molecule has 1 aliphatic heterocycles. The van der Waals surface area contributed by atoms with Gasteiger partial charge in [0.25, 0.3) is 0 Å². The van der Waals surface area contributed by atoms with Crippen LogP contribution in [-0.2, 0) is 12.8 Å². The summed E-state index contributed by atoms with van der Waals surface area (Å²) in [5.74, 6) is 1.86. The maximum atomic E-state index is 6.04. The highest BCUT2D eigenvalue weighted by Crippen LogP contribution is 2.44. The van der Waals surface area contributed by atoms with Crippen LogP contribution in [0.1, 0.15) is 37.8 Å². The van der Waals surface area contributed by atoms with Gasteiger partial charge in [0.1, 0.15) is 0 Å². The lowest BCUT2D eigenvalue weighted by Crippen LogP contribution is -2.08. The summed E-state index contributed by atoms with van der Waals surface area (Å²) in [6, 6.07) is 12.4. The molecule has 0 saturated carbocycles. The van der Waals surface area contributed by atoms with Crippen LogP contribution in [-0.4, -0.2) is 0 Å². The average Bonchev–Trinajstić information content (AvgIpc) is 2.48. The van der Waals surface area contributed by atoms with Crippen molar-refractivity contribution in [1.82, 2.24) is 0 Å². The number of ether oxygens (including phenoxy) is 1. The Labute approximate surface area is 120 Å². The number of fused-ring (bicyclic) bond motifs is 2. The molecule has 2 aromatic carbocycles. The van der Waals surface area contributed by atoms with E-state index in [0.717, 1.165) is 42.1 Å². The predicted molar refractivity (Wildman–Crippen MR) is 84.2 cm³/mol. The third kappa shape index (κ3) is 2.26. The summed E-state index contributed by atoms with van der Waals surface area (Å²) in [5.41, 5.74) is 5.09. The quantitative estimate of drug-likeness (QED) is 0.679. The fraction of sp³-hybridized carbons (Fsp3) is 0.333. The van der Waals surface area contributed by atoms with Crippen LogP contribution in [0.2, 0.25) is 0 Å². The van der Waals surface area contributed by atoms with Crippen molar-refractivity contribution in [2.45, 2.75) is 39.5 Å². The molecule has 0 spiro atoms. The van der Waals surface area contributed by atoms with E-state index in [4.69, 9.17) is 4.74 Å². The van der Waals surface area contributed by atoms with E-state index in [1.54, 1.807) is 0 Å². The van der Waals surface area contributed by atoms with E-state index < -0.39 is 0 Å². The first-order chi connectivity index (χ1) is 9.83. The third-order valence-corrected chi connectivity index (χ3v) is 3.76. The summed E-state index contributed by atoms with van der Waals surface area (Å²) in [6.45, 7) is 4.46. The molecule has 3 rings (SSSR count). The van der Waals surface area contributed by atoms with E-state index in [2.05, 4.69) is 37.4 Å². The predicted octanol–water partition coefficient (Wildman–Crippen LogP) is 5.44. The second-order valence-corrected chi connectivity index (χ2v) is 5.30. The Balaban J connectivity index is 2.06. The van der Waals surface area contributed by atoms with Gasteiger partial charge < -0.3 is 10.1 Å². The van der Waals surface area contributed by atoms with Gasteiger partial charge in [0.05, 0.1) is 11.4 Å². The summed E-state index contributed by atoms with van der Waals surface area (Å²) in [6.07, 6.45) is 4.55. The SMILES string of the molecule is CCCc1ccc2c(c1CCC)Nc1ccccc1O2. The topological polar surface area (TPSA) is 21.3 Å². The molecule has 0 fully saturated rings. The molecule has 0 radical (unpaired) electrons. The Kier molecular flexibility index (Phi) is 3.64. The number of hydrogen-bond acceptors (Lipinski definition) is 2. The van der Waals surface area contributed by atoms with Gasteiger partial charge in [-0.1, -0.05) is 44.9 Å². The van der Waals surface area contributed by atoms with Crippen LogP contribution < -0.4 is 10.1 Å². The smallest absolute Gasteiger partial charge is 0.151 e. The lowest BCUT2D eigenvalue weighted by molar-refractivity contribution is 0.480.